The van der Waals surface area contributed by atoms with E-state index in [9.17, 15) is 9.59 Å². The Labute approximate surface area is 116 Å². The van der Waals surface area contributed by atoms with E-state index in [0.717, 1.165) is 0 Å². The summed E-state index contributed by atoms with van der Waals surface area (Å²) < 4.78 is 5.17. The van der Waals surface area contributed by atoms with E-state index in [-0.39, 0.29) is 17.7 Å². The minimum absolute atomic E-state index is 0.134. The summed E-state index contributed by atoms with van der Waals surface area (Å²) in [4.78, 5) is 23.8. The molecule has 0 radical (unpaired) electrons. The summed E-state index contributed by atoms with van der Waals surface area (Å²) in [5.74, 6) is -0.585. The van der Waals surface area contributed by atoms with E-state index in [2.05, 4.69) is 10.6 Å². The lowest BCUT2D eigenvalue weighted by Crippen LogP contribution is -2.26. The molecule has 5 nitrogen and oxygen atoms in total. The smallest absolute Gasteiger partial charge is 0.253 e. The van der Waals surface area contributed by atoms with Crippen LogP contribution in [-0.4, -0.2) is 32.1 Å². The maximum atomic E-state index is 12.0. The number of anilines is 1. The quantitative estimate of drug-likeness (QED) is 0.886. The molecule has 1 aromatic rings. The Morgan fingerprint density at radius 2 is 2.21 bits per heavy atom. The molecule has 1 aromatic carbocycles. The van der Waals surface area contributed by atoms with Crippen molar-refractivity contribution >= 4 is 29.1 Å². The average molecular weight is 283 g/mol. The van der Waals surface area contributed by atoms with Crippen LogP contribution in [0.5, 0.6) is 0 Å². The summed E-state index contributed by atoms with van der Waals surface area (Å²) in [6.45, 7) is 1.02. The molecule has 0 aliphatic carbocycles. The zero-order valence-corrected chi connectivity index (χ0v) is 11.3. The molecular weight excluding hydrogens is 268 g/mol. The van der Waals surface area contributed by atoms with Crippen LogP contribution in [0.4, 0.5) is 5.69 Å². The maximum absolute atomic E-state index is 12.0. The van der Waals surface area contributed by atoms with Crippen molar-refractivity contribution in [1.82, 2.24) is 5.32 Å². The number of amides is 2. The summed E-state index contributed by atoms with van der Waals surface area (Å²) in [6.07, 6.45) is 0.703. The molecule has 0 aromatic heterocycles. The Morgan fingerprint density at radius 3 is 2.84 bits per heavy atom. The standard InChI is InChI=1S/C13H15ClN2O3/c1-15-13(18)10-6-9(14)2-3-11(10)16-12(17)8-4-5-19-7-8/h2-3,6,8H,4-5,7H2,1H3,(H,15,18)(H,16,17). The van der Waals surface area contributed by atoms with Crippen LogP contribution in [0.15, 0.2) is 18.2 Å². The van der Waals surface area contributed by atoms with Gasteiger partial charge in [-0.05, 0) is 24.6 Å². The largest absolute Gasteiger partial charge is 0.381 e. The Balaban J connectivity index is 2.19. The number of hydrogen-bond donors (Lipinski definition) is 2. The van der Waals surface area contributed by atoms with Crippen LogP contribution in [0.25, 0.3) is 0 Å². The number of halogens is 1. The van der Waals surface area contributed by atoms with Gasteiger partial charge in [0.15, 0.2) is 0 Å². The van der Waals surface area contributed by atoms with E-state index in [1.54, 1.807) is 12.1 Å². The van der Waals surface area contributed by atoms with Gasteiger partial charge >= 0.3 is 0 Å². The molecule has 2 amide bonds. The normalized spacial score (nSPS) is 18.1. The van der Waals surface area contributed by atoms with Gasteiger partial charge < -0.3 is 15.4 Å². The van der Waals surface area contributed by atoms with Crippen molar-refractivity contribution < 1.29 is 14.3 Å². The number of carbonyl (C=O) groups is 2. The van der Waals surface area contributed by atoms with Gasteiger partial charge in [0.05, 0.1) is 23.8 Å². The van der Waals surface area contributed by atoms with Gasteiger partial charge in [-0.25, -0.2) is 0 Å². The summed E-state index contributed by atoms with van der Waals surface area (Å²) in [5.41, 5.74) is 0.808. The fraction of sp³-hybridized carbons (Fsp3) is 0.385. The van der Waals surface area contributed by atoms with Crippen LogP contribution in [0.1, 0.15) is 16.8 Å². The second-order valence-electron chi connectivity index (χ2n) is 4.32. The van der Waals surface area contributed by atoms with Gasteiger partial charge in [0.25, 0.3) is 5.91 Å². The number of benzene rings is 1. The Kier molecular flexibility index (Phi) is 4.39. The van der Waals surface area contributed by atoms with Crippen molar-refractivity contribution in [2.24, 2.45) is 5.92 Å². The van der Waals surface area contributed by atoms with E-state index < -0.39 is 0 Å². The first kappa shape index (κ1) is 13.8. The predicted molar refractivity (Wildman–Crippen MR) is 72.4 cm³/mol. The summed E-state index contributed by atoms with van der Waals surface area (Å²) in [7, 11) is 1.53. The van der Waals surface area contributed by atoms with E-state index in [1.165, 1.54) is 13.1 Å². The lowest BCUT2D eigenvalue weighted by Gasteiger charge is -2.13. The summed E-state index contributed by atoms with van der Waals surface area (Å²) >= 11 is 5.87. The highest BCUT2D eigenvalue weighted by Gasteiger charge is 2.24. The molecule has 6 heteroatoms. The van der Waals surface area contributed by atoms with Crippen molar-refractivity contribution in [2.45, 2.75) is 6.42 Å². The number of carbonyl (C=O) groups excluding carboxylic acids is 2. The van der Waals surface area contributed by atoms with Gasteiger partial charge in [0.1, 0.15) is 0 Å². The lowest BCUT2D eigenvalue weighted by atomic mass is 10.1. The monoisotopic (exact) mass is 282 g/mol. The van der Waals surface area contributed by atoms with Crippen molar-refractivity contribution in [1.29, 1.82) is 0 Å². The third-order valence-electron chi connectivity index (χ3n) is 3.01. The molecule has 1 aliphatic heterocycles. The van der Waals surface area contributed by atoms with Gasteiger partial charge in [0.2, 0.25) is 5.91 Å². The van der Waals surface area contributed by atoms with E-state index in [0.29, 0.717) is 35.9 Å². The minimum Gasteiger partial charge on any atom is -0.381 e. The van der Waals surface area contributed by atoms with E-state index in [1.807, 2.05) is 0 Å². The Bertz CT molecular complexity index is 499. The molecule has 1 saturated heterocycles. The van der Waals surface area contributed by atoms with E-state index >= 15 is 0 Å². The van der Waals surface area contributed by atoms with Gasteiger partial charge in [-0.2, -0.15) is 0 Å². The third kappa shape index (κ3) is 3.24. The van der Waals surface area contributed by atoms with Crippen LogP contribution >= 0.6 is 11.6 Å². The SMILES string of the molecule is CNC(=O)c1cc(Cl)ccc1NC(=O)C1CCOC1. The van der Waals surface area contributed by atoms with Crippen molar-refractivity contribution in [2.75, 3.05) is 25.6 Å². The molecule has 2 N–H and O–H groups in total. The van der Waals surface area contributed by atoms with Crippen LogP contribution in [0.3, 0.4) is 0 Å². The van der Waals surface area contributed by atoms with Crippen molar-refractivity contribution in [3.8, 4) is 0 Å². The molecule has 0 spiro atoms. The molecule has 1 atom stereocenters. The van der Waals surface area contributed by atoms with Gasteiger partial charge in [0, 0.05) is 18.7 Å². The zero-order valence-electron chi connectivity index (χ0n) is 10.5. The van der Waals surface area contributed by atoms with Gasteiger partial charge in [-0.1, -0.05) is 11.6 Å². The molecule has 19 heavy (non-hydrogen) atoms. The molecule has 1 aliphatic rings. The number of nitrogens with one attached hydrogen (secondary N) is 2. The van der Waals surface area contributed by atoms with E-state index in [4.69, 9.17) is 16.3 Å². The second-order valence-corrected chi connectivity index (χ2v) is 4.76. The summed E-state index contributed by atoms with van der Waals surface area (Å²) in [5, 5.41) is 5.72. The summed E-state index contributed by atoms with van der Waals surface area (Å²) in [6, 6.07) is 4.79. The van der Waals surface area contributed by atoms with Crippen molar-refractivity contribution in [3.05, 3.63) is 28.8 Å². The molecule has 1 unspecified atom stereocenters. The highest BCUT2D eigenvalue weighted by atomic mass is 35.5. The highest BCUT2D eigenvalue weighted by Crippen LogP contribution is 2.22. The zero-order chi connectivity index (χ0) is 13.8. The first-order chi connectivity index (χ1) is 9.11. The van der Waals surface area contributed by atoms with Crippen LogP contribution < -0.4 is 10.6 Å². The number of ether oxygens (including phenoxy) is 1. The molecule has 0 saturated carbocycles. The fourth-order valence-corrected chi connectivity index (χ4v) is 2.10. The van der Waals surface area contributed by atoms with Gasteiger partial charge in [-0.3, -0.25) is 9.59 Å². The first-order valence-corrected chi connectivity index (χ1v) is 6.40. The predicted octanol–water partition coefficient (Wildman–Crippen LogP) is 1.67. The number of hydrogen-bond acceptors (Lipinski definition) is 3. The Morgan fingerprint density at radius 1 is 1.42 bits per heavy atom. The first-order valence-electron chi connectivity index (χ1n) is 6.02. The molecule has 2 rings (SSSR count). The van der Waals surface area contributed by atoms with Crippen LogP contribution in [-0.2, 0) is 9.53 Å². The molecule has 1 heterocycles. The van der Waals surface area contributed by atoms with Crippen LogP contribution in [0, 0.1) is 5.92 Å². The average Bonchev–Trinajstić information content (AvgIpc) is 2.94. The second kappa shape index (κ2) is 6.04. The van der Waals surface area contributed by atoms with Crippen LogP contribution in [0.2, 0.25) is 5.02 Å². The minimum atomic E-state index is -0.291. The highest BCUT2D eigenvalue weighted by molar-refractivity contribution is 6.31. The van der Waals surface area contributed by atoms with Gasteiger partial charge in [-0.15, -0.1) is 0 Å². The maximum Gasteiger partial charge on any atom is 0.253 e. The molecule has 1 fully saturated rings. The molecular formula is C13H15ClN2O3. The number of rotatable bonds is 3. The Hall–Kier alpha value is -1.59. The van der Waals surface area contributed by atoms with Crippen molar-refractivity contribution in [3.63, 3.8) is 0 Å². The molecule has 0 bridgehead atoms. The third-order valence-corrected chi connectivity index (χ3v) is 3.25. The topological polar surface area (TPSA) is 67.4 Å². The fourth-order valence-electron chi connectivity index (χ4n) is 1.92. The lowest BCUT2D eigenvalue weighted by molar-refractivity contribution is -0.119. The molecule has 102 valence electrons.